The van der Waals surface area contributed by atoms with Gasteiger partial charge >= 0.3 is 0 Å². The first-order chi connectivity index (χ1) is 11.0. The molecule has 1 aromatic rings. The Morgan fingerprint density at radius 2 is 1.96 bits per heavy atom. The molecule has 1 aliphatic heterocycles. The standard InChI is InChI=1S/C19H30N2O2/c1-5-17(23-18-9-7-6-8-15(18)4)19(22)20-16-10-12-21(13-11-16)14(2)3/h6-9,14,16-17H,5,10-13H2,1-4H3,(H,20,22). The van der Waals surface area contributed by atoms with Crippen LogP contribution in [0, 0.1) is 6.92 Å². The van der Waals surface area contributed by atoms with Gasteiger partial charge in [-0.2, -0.15) is 0 Å². The number of rotatable bonds is 6. The molecule has 0 aromatic heterocycles. The van der Waals surface area contributed by atoms with E-state index in [1.165, 1.54) is 0 Å². The van der Waals surface area contributed by atoms with Gasteiger partial charge in [-0.1, -0.05) is 25.1 Å². The lowest BCUT2D eigenvalue weighted by Crippen LogP contribution is -2.49. The van der Waals surface area contributed by atoms with Crippen LogP contribution in [0.2, 0.25) is 0 Å². The van der Waals surface area contributed by atoms with E-state index in [4.69, 9.17) is 4.74 Å². The molecule has 1 N–H and O–H groups in total. The summed E-state index contributed by atoms with van der Waals surface area (Å²) in [5.74, 6) is 0.808. The van der Waals surface area contributed by atoms with Crippen molar-refractivity contribution < 1.29 is 9.53 Å². The Bertz CT molecular complexity index is 508. The number of nitrogens with zero attached hydrogens (tertiary/aromatic N) is 1. The molecule has 1 unspecified atom stereocenters. The van der Waals surface area contributed by atoms with Gasteiger partial charge in [0.2, 0.25) is 0 Å². The SMILES string of the molecule is CCC(Oc1ccccc1C)C(=O)NC1CCN(C(C)C)CC1. The molecule has 0 radical (unpaired) electrons. The maximum atomic E-state index is 12.5. The predicted molar refractivity (Wildman–Crippen MR) is 93.8 cm³/mol. The first-order valence-electron chi connectivity index (χ1n) is 8.78. The number of carbonyl (C=O) groups excluding carboxylic acids is 1. The van der Waals surface area contributed by atoms with E-state index in [0.717, 1.165) is 37.2 Å². The fraction of sp³-hybridized carbons (Fsp3) is 0.632. The van der Waals surface area contributed by atoms with Crippen LogP contribution >= 0.6 is 0 Å². The van der Waals surface area contributed by atoms with Crippen LogP contribution in [0.1, 0.15) is 45.6 Å². The first kappa shape index (κ1) is 17.8. The van der Waals surface area contributed by atoms with E-state index < -0.39 is 6.10 Å². The van der Waals surface area contributed by atoms with E-state index in [1.54, 1.807) is 0 Å². The molecular formula is C19H30N2O2. The molecule has 128 valence electrons. The van der Waals surface area contributed by atoms with Crippen LogP contribution in [-0.2, 0) is 4.79 Å². The fourth-order valence-corrected chi connectivity index (χ4v) is 3.02. The molecule has 1 amide bonds. The molecule has 1 fully saturated rings. The molecule has 0 saturated carbocycles. The molecule has 0 bridgehead atoms. The summed E-state index contributed by atoms with van der Waals surface area (Å²) < 4.78 is 5.93. The molecule has 4 heteroatoms. The average Bonchev–Trinajstić information content (AvgIpc) is 2.54. The van der Waals surface area contributed by atoms with E-state index in [2.05, 4.69) is 24.1 Å². The van der Waals surface area contributed by atoms with E-state index in [9.17, 15) is 4.79 Å². The second kappa shape index (κ2) is 8.34. The van der Waals surface area contributed by atoms with Crippen LogP contribution < -0.4 is 10.1 Å². The van der Waals surface area contributed by atoms with E-state index in [-0.39, 0.29) is 11.9 Å². The van der Waals surface area contributed by atoms with Crippen LogP contribution in [0.3, 0.4) is 0 Å². The summed E-state index contributed by atoms with van der Waals surface area (Å²) in [7, 11) is 0. The maximum absolute atomic E-state index is 12.5. The van der Waals surface area contributed by atoms with Crippen molar-refractivity contribution in [3.05, 3.63) is 29.8 Å². The van der Waals surface area contributed by atoms with Gasteiger partial charge in [-0.05, 0) is 51.7 Å². The average molecular weight is 318 g/mol. The van der Waals surface area contributed by atoms with Gasteiger partial charge in [-0.3, -0.25) is 4.79 Å². The minimum Gasteiger partial charge on any atom is -0.480 e. The van der Waals surface area contributed by atoms with Crippen molar-refractivity contribution in [2.24, 2.45) is 0 Å². The van der Waals surface area contributed by atoms with E-state index in [1.807, 2.05) is 38.1 Å². The number of nitrogens with one attached hydrogen (secondary N) is 1. The Balaban J connectivity index is 1.87. The zero-order valence-corrected chi connectivity index (χ0v) is 14.8. The molecule has 23 heavy (non-hydrogen) atoms. The molecule has 2 rings (SSSR count). The predicted octanol–water partition coefficient (Wildman–Crippen LogP) is 3.14. The Kier molecular flexibility index (Phi) is 6.46. The number of ether oxygens (including phenoxy) is 1. The van der Waals surface area contributed by atoms with Crippen LogP contribution in [0.15, 0.2) is 24.3 Å². The van der Waals surface area contributed by atoms with Gasteiger partial charge in [0.25, 0.3) is 5.91 Å². The Labute approximate surface area is 140 Å². The van der Waals surface area contributed by atoms with Gasteiger partial charge in [-0.15, -0.1) is 0 Å². The monoisotopic (exact) mass is 318 g/mol. The highest BCUT2D eigenvalue weighted by atomic mass is 16.5. The summed E-state index contributed by atoms with van der Waals surface area (Å²) in [6.45, 7) is 10.5. The smallest absolute Gasteiger partial charge is 0.261 e. The molecule has 1 atom stereocenters. The molecule has 4 nitrogen and oxygen atoms in total. The number of likely N-dealkylation sites (tertiary alicyclic amines) is 1. The van der Waals surface area contributed by atoms with Gasteiger partial charge < -0.3 is 15.0 Å². The van der Waals surface area contributed by atoms with Crippen molar-refractivity contribution in [2.45, 2.75) is 65.1 Å². The fourth-order valence-electron chi connectivity index (χ4n) is 3.02. The summed E-state index contributed by atoms with van der Waals surface area (Å²) in [6, 6.07) is 8.69. The quantitative estimate of drug-likeness (QED) is 0.876. The zero-order valence-electron chi connectivity index (χ0n) is 14.8. The van der Waals surface area contributed by atoms with Crippen molar-refractivity contribution >= 4 is 5.91 Å². The number of carbonyl (C=O) groups is 1. The second-order valence-electron chi connectivity index (χ2n) is 6.69. The third kappa shape index (κ3) is 4.96. The van der Waals surface area contributed by atoms with Crippen LogP contribution in [-0.4, -0.2) is 42.1 Å². The van der Waals surface area contributed by atoms with Crippen molar-refractivity contribution in [3.63, 3.8) is 0 Å². The minimum absolute atomic E-state index is 0.0127. The van der Waals surface area contributed by atoms with Crippen molar-refractivity contribution in [2.75, 3.05) is 13.1 Å². The highest BCUT2D eigenvalue weighted by Crippen LogP contribution is 2.19. The van der Waals surface area contributed by atoms with Crippen molar-refractivity contribution in [1.82, 2.24) is 10.2 Å². The van der Waals surface area contributed by atoms with Gasteiger partial charge in [0, 0.05) is 25.2 Å². The number of aryl methyl sites for hydroxylation is 1. The van der Waals surface area contributed by atoms with E-state index >= 15 is 0 Å². The number of hydrogen-bond acceptors (Lipinski definition) is 3. The lowest BCUT2D eigenvalue weighted by Gasteiger charge is -2.35. The summed E-state index contributed by atoms with van der Waals surface area (Å²) >= 11 is 0. The maximum Gasteiger partial charge on any atom is 0.261 e. The highest BCUT2D eigenvalue weighted by Gasteiger charge is 2.25. The largest absolute Gasteiger partial charge is 0.480 e. The minimum atomic E-state index is -0.417. The van der Waals surface area contributed by atoms with Crippen molar-refractivity contribution in [1.29, 1.82) is 0 Å². The second-order valence-corrected chi connectivity index (χ2v) is 6.69. The van der Waals surface area contributed by atoms with Gasteiger partial charge in [0.1, 0.15) is 5.75 Å². The summed E-state index contributed by atoms with van der Waals surface area (Å²) in [5, 5.41) is 3.18. The van der Waals surface area contributed by atoms with Gasteiger partial charge in [0.05, 0.1) is 0 Å². The number of piperidine rings is 1. The normalized spacial score (nSPS) is 18.0. The van der Waals surface area contributed by atoms with Gasteiger partial charge in [0.15, 0.2) is 6.10 Å². The summed E-state index contributed by atoms with van der Waals surface area (Å²) in [4.78, 5) is 15.0. The molecule has 1 aliphatic rings. The van der Waals surface area contributed by atoms with Crippen LogP contribution in [0.25, 0.3) is 0 Å². The van der Waals surface area contributed by atoms with Crippen molar-refractivity contribution in [3.8, 4) is 5.75 Å². The number of benzene rings is 1. The highest BCUT2D eigenvalue weighted by molar-refractivity contribution is 5.81. The number of amides is 1. The van der Waals surface area contributed by atoms with Crippen LogP contribution in [0.5, 0.6) is 5.75 Å². The molecule has 1 heterocycles. The third-order valence-electron chi connectivity index (χ3n) is 4.63. The lowest BCUT2D eigenvalue weighted by atomic mass is 10.0. The van der Waals surface area contributed by atoms with Gasteiger partial charge in [-0.25, -0.2) is 0 Å². The Hall–Kier alpha value is -1.55. The zero-order chi connectivity index (χ0) is 16.8. The molecule has 0 aliphatic carbocycles. The first-order valence-corrected chi connectivity index (χ1v) is 8.78. The molecule has 1 saturated heterocycles. The summed E-state index contributed by atoms with van der Waals surface area (Å²) in [5.41, 5.74) is 1.06. The van der Waals surface area contributed by atoms with E-state index in [0.29, 0.717) is 12.5 Å². The number of para-hydroxylation sites is 1. The Morgan fingerprint density at radius 1 is 1.30 bits per heavy atom. The number of hydrogen-bond donors (Lipinski definition) is 1. The third-order valence-corrected chi connectivity index (χ3v) is 4.63. The molecule has 0 spiro atoms. The van der Waals surface area contributed by atoms with Crippen LogP contribution in [0.4, 0.5) is 0 Å². The molecule has 1 aromatic carbocycles. The topological polar surface area (TPSA) is 41.6 Å². The summed E-state index contributed by atoms with van der Waals surface area (Å²) in [6.07, 6.45) is 2.29. The Morgan fingerprint density at radius 3 is 2.52 bits per heavy atom. The molecular weight excluding hydrogens is 288 g/mol. The lowest BCUT2D eigenvalue weighted by molar-refractivity contribution is -0.129.